The van der Waals surface area contributed by atoms with Crippen molar-refractivity contribution in [1.29, 1.82) is 0 Å². The number of benzene rings is 1. The molecule has 2 rings (SSSR count). The summed E-state index contributed by atoms with van der Waals surface area (Å²) in [7, 11) is 1.39. The van der Waals surface area contributed by atoms with E-state index in [-0.39, 0.29) is 17.9 Å². The van der Waals surface area contributed by atoms with Crippen LogP contribution in [-0.2, 0) is 14.3 Å². The molecule has 0 unspecified atom stereocenters. The Kier molecular flexibility index (Phi) is 6.60. The zero-order chi connectivity index (χ0) is 17.7. The van der Waals surface area contributed by atoms with Gasteiger partial charge in [0.05, 0.1) is 19.7 Å². The number of amides is 1. The van der Waals surface area contributed by atoms with Crippen molar-refractivity contribution in [3.8, 4) is 0 Å². The van der Waals surface area contributed by atoms with Crippen molar-refractivity contribution < 1.29 is 14.3 Å². The normalized spacial score (nSPS) is 17.3. The maximum absolute atomic E-state index is 12.5. The lowest BCUT2D eigenvalue weighted by molar-refractivity contribution is -0.142. The molecule has 1 aliphatic heterocycles. The first-order valence-electron chi connectivity index (χ1n) is 8.01. The smallest absolute Gasteiger partial charge is 0.319 e. The van der Waals surface area contributed by atoms with E-state index in [9.17, 15) is 9.59 Å². The molecule has 1 fully saturated rings. The van der Waals surface area contributed by atoms with Crippen LogP contribution in [0.15, 0.2) is 18.2 Å². The third-order valence-corrected chi connectivity index (χ3v) is 4.61. The molecule has 1 atom stereocenters. The van der Waals surface area contributed by atoms with Crippen molar-refractivity contribution in [3.63, 3.8) is 0 Å². The quantitative estimate of drug-likeness (QED) is 0.817. The number of hydrogen-bond donors (Lipinski definition) is 1. The van der Waals surface area contributed by atoms with Crippen molar-refractivity contribution in [1.82, 2.24) is 9.80 Å². The summed E-state index contributed by atoms with van der Waals surface area (Å²) in [5.74, 6) is -0.285. The number of nitrogens with one attached hydrogen (secondary N) is 1. The maximum atomic E-state index is 12.5. The van der Waals surface area contributed by atoms with Gasteiger partial charge in [-0.2, -0.15) is 0 Å². The molecule has 1 aromatic rings. The van der Waals surface area contributed by atoms with Crippen LogP contribution in [-0.4, -0.2) is 67.6 Å². The van der Waals surface area contributed by atoms with Gasteiger partial charge in [-0.25, -0.2) is 0 Å². The summed E-state index contributed by atoms with van der Waals surface area (Å²) < 4.78 is 4.68. The van der Waals surface area contributed by atoms with E-state index >= 15 is 0 Å². The fourth-order valence-electron chi connectivity index (χ4n) is 2.69. The first kappa shape index (κ1) is 18.7. The highest BCUT2D eigenvalue weighted by Gasteiger charge is 2.26. The second kappa shape index (κ2) is 8.46. The molecule has 0 spiro atoms. The Morgan fingerprint density at radius 1 is 1.29 bits per heavy atom. The SMILES string of the molecule is COC(=O)CN1CCN([C@H](C)C(=O)Nc2cc(Cl)ccc2C)CC1. The summed E-state index contributed by atoms with van der Waals surface area (Å²) >= 11 is 5.99. The van der Waals surface area contributed by atoms with Gasteiger partial charge < -0.3 is 10.1 Å². The third-order valence-electron chi connectivity index (χ3n) is 4.37. The topological polar surface area (TPSA) is 61.9 Å². The van der Waals surface area contributed by atoms with Crippen LogP contribution in [0.1, 0.15) is 12.5 Å². The average molecular weight is 354 g/mol. The van der Waals surface area contributed by atoms with E-state index in [0.29, 0.717) is 11.6 Å². The molecule has 1 amide bonds. The fourth-order valence-corrected chi connectivity index (χ4v) is 2.86. The van der Waals surface area contributed by atoms with Crippen LogP contribution in [0, 0.1) is 6.92 Å². The number of methoxy groups -OCH3 is 1. The summed E-state index contributed by atoms with van der Waals surface area (Å²) in [5.41, 5.74) is 1.71. The molecular weight excluding hydrogens is 330 g/mol. The monoisotopic (exact) mass is 353 g/mol. The molecule has 132 valence electrons. The number of ether oxygens (including phenoxy) is 1. The summed E-state index contributed by atoms with van der Waals surface area (Å²) in [6.07, 6.45) is 0. The van der Waals surface area contributed by atoms with Crippen molar-refractivity contribution in [2.24, 2.45) is 0 Å². The summed E-state index contributed by atoms with van der Waals surface area (Å²) in [6, 6.07) is 5.20. The molecule has 1 heterocycles. The Morgan fingerprint density at radius 3 is 2.58 bits per heavy atom. The maximum Gasteiger partial charge on any atom is 0.319 e. The van der Waals surface area contributed by atoms with Crippen LogP contribution < -0.4 is 5.32 Å². The predicted octanol–water partition coefficient (Wildman–Crippen LogP) is 1.77. The lowest BCUT2D eigenvalue weighted by Gasteiger charge is -2.36. The van der Waals surface area contributed by atoms with Crippen molar-refractivity contribution in [3.05, 3.63) is 28.8 Å². The molecule has 0 radical (unpaired) electrons. The number of nitrogens with zero attached hydrogens (tertiary/aromatic N) is 2. The molecule has 1 aliphatic rings. The van der Waals surface area contributed by atoms with Gasteiger partial charge in [0.15, 0.2) is 0 Å². The second-order valence-corrected chi connectivity index (χ2v) is 6.45. The molecule has 0 bridgehead atoms. The number of halogens is 1. The molecule has 1 N–H and O–H groups in total. The van der Waals surface area contributed by atoms with E-state index in [1.165, 1.54) is 7.11 Å². The summed E-state index contributed by atoms with van der Waals surface area (Å²) in [5, 5.41) is 3.55. The van der Waals surface area contributed by atoms with Gasteiger partial charge in [0.25, 0.3) is 0 Å². The van der Waals surface area contributed by atoms with Crippen LogP contribution in [0.3, 0.4) is 0 Å². The molecule has 6 nitrogen and oxygen atoms in total. The van der Waals surface area contributed by atoms with E-state index in [4.69, 9.17) is 11.6 Å². The van der Waals surface area contributed by atoms with Crippen LogP contribution in [0.4, 0.5) is 5.69 Å². The predicted molar refractivity (Wildman–Crippen MR) is 94.3 cm³/mol. The zero-order valence-electron chi connectivity index (χ0n) is 14.3. The summed E-state index contributed by atoms with van der Waals surface area (Å²) in [6.45, 7) is 7.08. The van der Waals surface area contributed by atoms with Gasteiger partial charge in [-0.05, 0) is 31.5 Å². The van der Waals surface area contributed by atoms with Gasteiger partial charge in [0, 0.05) is 36.9 Å². The standard InChI is InChI=1S/C17H24ClN3O3/c1-12-4-5-14(18)10-15(12)19-17(23)13(2)21-8-6-20(7-9-21)11-16(22)24-3/h4-5,10,13H,6-9,11H2,1-3H3,(H,19,23)/t13-/m1/s1. The molecule has 7 heteroatoms. The first-order valence-corrected chi connectivity index (χ1v) is 8.38. The number of aryl methyl sites for hydroxylation is 1. The highest BCUT2D eigenvalue weighted by atomic mass is 35.5. The molecule has 0 saturated carbocycles. The molecule has 24 heavy (non-hydrogen) atoms. The van der Waals surface area contributed by atoms with Gasteiger partial charge in [-0.1, -0.05) is 17.7 Å². The Balaban J connectivity index is 1.88. The Morgan fingerprint density at radius 2 is 1.96 bits per heavy atom. The second-order valence-electron chi connectivity index (χ2n) is 6.01. The molecule has 0 aromatic heterocycles. The van der Waals surface area contributed by atoms with Crippen molar-refractivity contribution in [2.75, 3.05) is 45.2 Å². The van der Waals surface area contributed by atoms with Crippen molar-refractivity contribution in [2.45, 2.75) is 19.9 Å². The molecule has 1 aromatic carbocycles. The van der Waals surface area contributed by atoms with E-state index in [1.807, 2.05) is 24.8 Å². The van der Waals surface area contributed by atoms with Gasteiger partial charge in [-0.3, -0.25) is 19.4 Å². The zero-order valence-corrected chi connectivity index (χ0v) is 15.1. The van der Waals surface area contributed by atoms with Gasteiger partial charge in [-0.15, -0.1) is 0 Å². The van der Waals surface area contributed by atoms with Crippen LogP contribution in [0.25, 0.3) is 0 Å². The number of carbonyl (C=O) groups is 2. The number of piperazine rings is 1. The minimum atomic E-state index is -0.247. The largest absolute Gasteiger partial charge is 0.468 e. The van der Waals surface area contributed by atoms with Crippen LogP contribution >= 0.6 is 11.6 Å². The van der Waals surface area contributed by atoms with Gasteiger partial charge in [0.1, 0.15) is 0 Å². The number of hydrogen-bond acceptors (Lipinski definition) is 5. The third kappa shape index (κ3) is 4.93. The Bertz CT molecular complexity index is 601. The first-order chi connectivity index (χ1) is 11.4. The molecule has 0 aliphatic carbocycles. The number of rotatable bonds is 5. The highest BCUT2D eigenvalue weighted by molar-refractivity contribution is 6.31. The number of anilines is 1. The van der Waals surface area contributed by atoms with E-state index < -0.39 is 0 Å². The lowest BCUT2D eigenvalue weighted by Crippen LogP contribution is -2.53. The molecule has 1 saturated heterocycles. The van der Waals surface area contributed by atoms with Gasteiger partial charge >= 0.3 is 5.97 Å². The van der Waals surface area contributed by atoms with Crippen molar-refractivity contribution >= 4 is 29.2 Å². The highest BCUT2D eigenvalue weighted by Crippen LogP contribution is 2.20. The Hall–Kier alpha value is -1.63. The minimum absolute atomic E-state index is 0.0539. The average Bonchev–Trinajstić information content (AvgIpc) is 2.58. The van der Waals surface area contributed by atoms with Crippen LogP contribution in [0.2, 0.25) is 5.02 Å². The lowest BCUT2D eigenvalue weighted by atomic mass is 10.1. The van der Waals surface area contributed by atoms with E-state index in [1.54, 1.807) is 12.1 Å². The number of carbonyl (C=O) groups excluding carboxylic acids is 2. The molecular formula is C17H24ClN3O3. The van der Waals surface area contributed by atoms with Crippen LogP contribution in [0.5, 0.6) is 0 Å². The van der Waals surface area contributed by atoms with E-state index in [2.05, 4.69) is 15.0 Å². The summed E-state index contributed by atoms with van der Waals surface area (Å²) in [4.78, 5) is 28.0. The number of esters is 1. The Labute approximate surface area is 147 Å². The minimum Gasteiger partial charge on any atom is -0.468 e. The van der Waals surface area contributed by atoms with E-state index in [0.717, 1.165) is 37.4 Å². The fraction of sp³-hybridized carbons (Fsp3) is 0.529. The van der Waals surface area contributed by atoms with Gasteiger partial charge in [0.2, 0.25) is 5.91 Å².